The number of piperazine rings is 1. The molecular weight excluding hydrogens is 439 g/mol. The number of carbonyl (C=O) groups is 4. The van der Waals surface area contributed by atoms with Crippen LogP contribution in [0.4, 0.5) is 10.1 Å². The minimum absolute atomic E-state index is 0.0300. The van der Waals surface area contributed by atoms with Crippen molar-refractivity contribution in [2.24, 2.45) is 0 Å². The predicted octanol–water partition coefficient (Wildman–Crippen LogP) is 1.86. The van der Waals surface area contributed by atoms with E-state index in [0.717, 1.165) is 5.56 Å². The molecule has 4 amide bonds. The maximum Gasteiger partial charge on any atom is 0.255 e. The van der Waals surface area contributed by atoms with Gasteiger partial charge in [0.15, 0.2) is 0 Å². The Balaban J connectivity index is 1.30. The van der Waals surface area contributed by atoms with Gasteiger partial charge >= 0.3 is 0 Å². The Morgan fingerprint density at radius 3 is 2.50 bits per heavy atom. The zero-order valence-corrected chi connectivity index (χ0v) is 18.8. The first-order valence-corrected chi connectivity index (χ1v) is 11.4. The van der Waals surface area contributed by atoms with Crippen LogP contribution in [0.3, 0.4) is 0 Å². The lowest BCUT2D eigenvalue weighted by atomic mass is 10.0. The van der Waals surface area contributed by atoms with Gasteiger partial charge in [-0.25, -0.2) is 4.39 Å². The number of halogens is 1. The van der Waals surface area contributed by atoms with Crippen LogP contribution < -0.4 is 10.2 Å². The fourth-order valence-corrected chi connectivity index (χ4v) is 4.95. The molecule has 0 spiro atoms. The molecule has 2 aromatic rings. The van der Waals surface area contributed by atoms with Crippen molar-refractivity contribution in [3.8, 4) is 0 Å². The molecule has 2 aromatic carbocycles. The van der Waals surface area contributed by atoms with Gasteiger partial charge in [0.2, 0.25) is 11.8 Å². The summed E-state index contributed by atoms with van der Waals surface area (Å²) in [7, 11) is 0. The number of carbonyl (C=O) groups excluding carboxylic acids is 4. The van der Waals surface area contributed by atoms with E-state index < -0.39 is 23.7 Å². The molecule has 0 aromatic heterocycles. The van der Waals surface area contributed by atoms with Gasteiger partial charge < -0.3 is 14.7 Å². The van der Waals surface area contributed by atoms with Crippen LogP contribution in [0.2, 0.25) is 0 Å². The monoisotopic (exact) mass is 464 g/mol. The summed E-state index contributed by atoms with van der Waals surface area (Å²) in [5, 5.41) is 2.27. The number of piperidine rings is 1. The number of nitrogens with one attached hydrogen (secondary N) is 1. The molecule has 3 aliphatic heterocycles. The third-order valence-electron chi connectivity index (χ3n) is 6.87. The first-order valence-electron chi connectivity index (χ1n) is 11.4. The molecule has 34 heavy (non-hydrogen) atoms. The minimum Gasteiger partial charge on any atom is -0.366 e. The molecule has 5 rings (SSSR count). The van der Waals surface area contributed by atoms with Crippen molar-refractivity contribution in [2.75, 3.05) is 31.1 Å². The van der Waals surface area contributed by atoms with E-state index in [9.17, 15) is 19.2 Å². The maximum absolute atomic E-state index is 15.1. The van der Waals surface area contributed by atoms with Crippen molar-refractivity contribution < 1.29 is 23.6 Å². The highest BCUT2D eigenvalue weighted by Gasteiger charge is 2.40. The summed E-state index contributed by atoms with van der Waals surface area (Å²) in [6.45, 7) is 3.97. The first kappa shape index (κ1) is 22.1. The molecule has 0 radical (unpaired) electrons. The maximum atomic E-state index is 15.1. The Bertz CT molecular complexity index is 1210. The normalized spacial score (nSPS) is 20.5. The second kappa shape index (κ2) is 8.55. The van der Waals surface area contributed by atoms with Crippen LogP contribution in [0.25, 0.3) is 0 Å². The van der Waals surface area contributed by atoms with Gasteiger partial charge in [-0.1, -0.05) is 18.2 Å². The van der Waals surface area contributed by atoms with Crippen molar-refractivity contribution in [1.29, 1.82) is 0 Å². The second-order valence-corrected chi connectivity index (χ2v) is 8.95. The number of aryl methyl sites for hydroxylation is 1. The van der Waals surface area contributed by atoms with E-state index in [2.05, 4.69) is 5.32 Å². The smallest absolute Gasteiger partial charge is 0.255 e. The fourth-order valence-electron chi connectivity index (χ4n) is 4.95. The van der Waals surface area contributed by atoms with Gasteiger partial charge in [-0.2, -0.15) is 0 Å². The Morgan fingerprint density at radius 1 is 1.06 bits per heavy atom. The highest BCUT2D eigenvalue weighted by Crippen LogP contribution is 2.33. The van der Waals surface area contributed by atoms with Crippen LogP contribution in [0, 0.1) is 12.7 Å². The van der Waals surface area contributed by atoms with Crippen LogP contribution in [-0.2, 0) is 16.1 Å². The van der Waals surface area contributed by atoms with Gasteiger partial charge in [0.25, 0.3) is 11.8 Å². The molecule has 1 atom stereocenters. The van der Waals surface area contributed by atoms with Gasteiger partial charge in [-0.3, -0.25) is 24.5 Å². The Kier molecular flexibility index (Phi) is 5.55. The van der Waals surface area contributed by atoms with E-state index in [4.69, 9.17) is 0 Å². The number of fused-ring (bicyclic) bond motifs is 1. The standard InChI is InChI=1S/C25H25FN4O4/c1-15-4-2-3-5-17(15)24(33)29-10-8-28(9-11-29)21-12-16-14-30(25(34)18(16)13-19(21)26)20-6-7-22(31)27-23(20)32/h2-5,12-13,20H,6-11,14H2,1H3,(H,27,31,32). The SMILES string of the molecule is Cc1ccccc1C(=O)N1CCN(c2cc3c(cc2F)C(=O)N(C2CCC(=O)NC2=O)C3)CC1. The van der Waals surface area contributed by atoms with Gasteiger partial charge in [0.05, 0.1) is 5.69 Å². The quantitative estimate of drug-likeness (QED) is 0.701. The van der Waals surface area contributed by atoms with E-state index in [0.29, 0.717) is 43.0 Å². The number of imide groups is 1. The Labute approximate surface area is 196 Å². The molecule has 3 heterocycles. The van der Waals surface area contributed by atoms with Crippen molar-refractivity contribution in [2.45, 2.75) is 32.4 Å². The van der Waals surface area contributed by atoms with E-state index >= 15 is 4.39 Å². The highest BCUT2D eigenvalue weighted by atomic mass is 19.1. The van der Waals surface area contributed by atoms with Crippen molar-refractivity contribution in [3.63, 3.8) is 0 Å². The van der Waals surface area contributed by atoms with Gasteiger partial charge in [-0.15, -0.1) is 0 Å². The number of nitrogens with zero attached hydrogens (tertiary/aromatic N) is 3. The average molecular weight is 464 g/mol. The Hall–Kier alpha value is -3.75. The van der Waals surface area contributed by atoms with E-state index in [-0.39, 0.29) is 36.8 Å². The molecule has 0 bridgehead atoms. The zero-order valence-electron chi connectivity index (χ0n) is 18.8. The molecule has 3 aliphatic rings. The van der Waals surface area contributed by atoms with Crippen molar-refractivity contribution in [1.82, 2.24) is 15.1 Å². The summed E-state index contributed by atoms with van der Waals surface area (Å²) in [5.41, 5.74) is 2.89. The number of hydrogen-bond donors (Lipinski definition) is 1. The molecule has 176 valence electrons. The molecule has 2 fully saturated rings. The van der Waals surface area contributed by atoms with Crippen molar-refractivity contribution >= 4 is 29.3 Å². The second-order valence-electron chi connectivity index (χ2n) is 8.95. The summed E-state index contributed by atoms with van der Waals surface area (Å²) >= 11 is 0. The first-order chi connectivity index (χ1) is 16.3. The molecule has 8 nitrogen and oxygen atoms in total. The lowest BCUT2D eigenvalue weighted by Gasteiger charge is -2.36. The lowest BCUT2D eigenvalue weighted by molar-refractivity contribution is -0.136. The van der Waals surface area contributed by atoms with Crippen LogP contribution in [0.1, 0.15) is 44.7 Å². The topological polar surface area (TPSA) is 90.0 Å². The summed E-state index contributed by atoms with van der Waals surface area (Å²) in [4.78, 5) is 54.5. The van der Waals surface area contributed by atoms with Gasteiger partial charge in [0.1, 0.15) is 11.9 Å². The molecule has 1 N–H and O–H groups in total. The van der Waals surface area contributed by atoms with Crippen LogP contribution in [0.5, 0.6) is 0 Å². The van der Waals surface area contributed by atoms with Crippen LogP contribution >= 0.6 is 0 Å². The minimum atomic E-state index is -0.736. The summed E-state index contributed by atoms with van der Waals surface area (Å²) in [6, 6.07) is 9.64. The molecule has 0 saturated carbocycles. The third-order valence-corrected chi connectivity index (χ3v) is 6.87. The van der Waals surface area contributed by atoms with Crippen molar-refractivity contribution in [3.05, 3.63) is 64.5 Å². The van der Waals surface area contributed by atoms with Gasteiger partial charge in [0, 0.05) is 50.3 Å². The molecular formula is C25H25FN4O4. The summed E-state index contributed by atoms with van der Waals surface area (Å²) < 4.78 is 15.1. The third kappa shape index (κ3) is 3.81. The zero-order chi connectivity index (χ0) is 24.0. The molecule has 1 unspecified atom stereocenters. The molecule has 2 saturated heterocycles. The van der Waals surface area contributed by atoms with E-state index in [1.807, 2.05) is 36.1 Å². The van der Waals surface area contributed by atoms with Crippen LogP contribution in [-0.4, -0.2) is 65.6 Å². The van der Waals surface area contributed by atoms with Crippen LogP contribution in [0.15, 0.2) is 36.4 Å². The van der Waals surface area contributed by atoms with E-state index in [1.165, 1.54) is 11.0 Å². The number of amides is 4. The predicted molar refractivity (Wildman–Crippen MR) is 122 cm³/mol. The van der Waals surface area contributed by atoms with Gasteiger partial charge in [-0.05, 0) is 42.7 Å². The highest BCUT2D eigenvalue weighted by molar-refractivity contribution is 6.05. The summed E-state index contributed by atoms with van der Waals surface area (Å²) in [6.07, 6.45) is 0.429. The molecule has 0 aliphatic carbocycles. The lowest BCUT2D eigenvalue weighted by Crippen LogP contribution is -2.52. The number of hydrogen-bond acceptors (Lipinski definition) is 5. The van der Waals surface area contributed by atoms with E-state index in [1.54, 1.807) is 11.0 Å². The number of rotatable bonds is 3. The number of benzene rings is 2. The number of anilines is 1. The Morgan fingerprint density at radius 2 is 1.79 bits per heavy atom. The summed E-state index contributed by atoms with van der Waals surface area (Å²) in [5.74, 6) is -1.77. The average Bonchev–Trinajstić information content (AvgIpc) is 3.14. The molecule has 9 heteroatoms. The fraction of sp³-hybridized carbons (Fsp3) is 0.360. The largest absolute Gasteiger partial charge is 0.366 e.